The molecule has 3 rings (SSSR count). The number of hydrogen-bond acceptors (Lipinski definition) is 3. The monoisotopic (exact) mass is 201 g/mol. The molecule has 76 valence electrons. The molecule has 1 aromatic carbocycles. The van der Waals surface area contributed by atoms with Crippen LogP contribution in [0.25, 0.3) is 11.0 Å². The summed E-state index contributed by atoms with van der Waals surface area (Å²) in [5.41, 5.74) is 8.64. The number of rotatable bonds is 1. The van der Waals surface area contributed by atoms with Crippen molar-refractivity contribution < 1.29 is 0 Å². The average molecular weight is 201 g/mol. The maximum atomic E-state index is 11.7. The Kier molecular flexibility index (Phi) is 1.67. The number of nitrogens with two attached hydrogens (primary N) is 1. The van der Waals surface area contributed by atoms with E-state index in [9.17, 15) is 4.79 Å². The number of para-hydroxylation sites is 1. The maximum Gasteiger partial charge on any atom is 0.269 e. The van der Waals surface area contributed by atoms with Crippen molar-refractivity contribution in [3.8, 4) is 0 Å². The standard InChI is InChI=1S/C11H11N3O/c12-5-8-4-7-2-1-3-9-11(7)14(8)10(15)6-13-9/h1-3,6,8H,4-5,12H2/t8-/m0/s1. The first-order valence-electron chi connectivity index (χ1n) is 5.00. The molecule has 0 bridgehead atoms. The van der Waals surface area contributed by atoms with Crippen LogP contribution < -0.4 is 11.3 Å². The topological polar surface area (TPSA) is 60.9 Å². The van der Waals surface area contributed by atoms with Gasteiger partial charge < -0.3 is 10.3 Å². The van der Waals surface area contributed by atoms with Crippen LogP contribution in [0.3, 0.4) is 0 Å². The van der Waals surface area contributed by atoms with Gasteiger partial charge in [-0.3, -0.25) is 4.79 Å². The lowest BCUT2D eigenvalue weighted by Gasteiger charge is -2.10. The van der Waals surface area contributed by atoms with Gasteiger partial charge in [-0.05, 0) is 18.1 Å². The van der Waals surface area contributed by atoms with Crippen molar-refractivity contribution in [2.45, 2.75) is 12.5 Å². The molecule has 2 aromatic rings. The summed E-state index contributed by atoms with van der Waals surface area (Å²) in [4.78, 5) is 15.8. The van der Waals surface area contributed by atoms with Gasteiger partial charge in [0.25, 0.3) is 5.56 Å². The van der Waals surface area contributed by atoms with Crippen LogP contribution in [0.15, 0.2) is 29.2 Å². The summed E-state index contributed by atoms with van der Waals surface area (Å²) in [7, 11) is 0. The molecule has 0 fully saturated rings. The van der Waals surface area contributed by atoms with E-state index in [4.69, 9.17) is 5.73 Å². The summed E-state index contributed by atoms with van der Waals surface area (Å²) in [5, 5.41) is 0. The molecule has 1 aliphatic rings. The second kappa shape index (κ2) is 2.90. The smallest absolute Gasteiger partial charge is 0.269 e. The first-order chi connectivity index (χ1) is 7.31. The molecule has 15 heavy (non-hydrogen) atoms. The van der Waals surface area contributed by atoms with Crippen molar-refractivity contribution in [3.63, 3.8) is 0 Å². The molecular weight excluding hydrogens is 190 g/mol. The predicted molar refractivity (Wildman–Crippen MR) is 57.8 cm³/mol. The number of hydrogen-bond donors (Lipinski definition) is 1. The molecule has 0 spiro atoms. The van der Waals surface area contributed by atoms with Crippen LogP contribution >= 0.6 is 0 Å². The highest BCUT2D eigenvalue weighted by atomic mass is 16.1. The van der Waals surface area contributed by atoms with Gasteiger partial charge in [0.1, 0.15) is 0 Å². The Bertz CT molecular complexity index is 588. The fourth-order valence-corrected chi connectivity index (χ4v) is 2.32. The molecule has 0 aliphatic carbocycles. The summed E-state index contributed by atoms with van der Waals surface area (Å²) < 4.78 is 1.78. The van der Waals surface area contributed by atoms with Crippen LogP contribution in [0.2, 0.25) is 0 Å². The summed E-state index contributed by atoms with van der Waals surface area (Å²) in [6, 6.07) is 6.03. The van der Waals surface area contributed by atoms with E-state index in [-0.39, 0.29) is 11.6 Å². The van der Waals surface area contributed by atoms with Gasteiger partial charge in [0.05, 0.1) is 23.3 Å². The first-order valence-corrected chi connectivity index (χ1v) is 5.00. The van der Waals surface area contributed by atoms with Crippen LogP contribution in [0, 0.1) is 0 Å². The van der Waals surface area contributed by atoms with Gasteiger partial charge in [0.2, 0.25) is 0 Å². The van der Waals surface area contributed by atoms with Crippen molar-refractivity contribution >= 4 is 11.0 Å². The summed E-state index contributed by atoms with van der Waals surface area (Å²) >= 11 is 0. The summed E-state index contributed by atoms with van der Waals surface area (Å²) in [5.74, 6) is 0. The lowest BCUT2D eigenvalue weighted by atomic mass is 10.1. The molecule has 2 heterocycles. The van der Waals surface area contributed by atoms with E-state index in [1.54, 1.807) is 4.57 Å². The Hall–Kier alpha value is -1.68. The summed E-state index contributed by atoms with van der Waals surface area (Å²) in [6.45, 7) is 0.494. The normalized spacial score (nSPS) is 18.6. The van der Waals surface area contributed by atoms with E-state index in [1.807, 2.05) is 18.2 Å². The highest BCUT2D eigenvalue weighted by molar-refractivity contribution is 5.80. The van der Waals surface area contributed by atoms with Gasteiger partial charge in [0.15, 0.2) is 0 Å². The molecule has 1 aliphatic heterocycles. The Balaban J connectivity index is 2.47. The van der Waals surface area contributed by atoms with E-state index >= 15 is 0 Å². The number of aromatic nitrogens is 2. The van der Waals surface area contributed by atoms with E-state index in [1.165, 1.54) is 11.8 Å². The Morgan fingerprint density at radius 1 is 1.53 bits per heavy atom. The Labute approximate surface area is 86.4 Å². The van der Waals surface area contributed by atoms with E-state index < -0.39 is 0 Å². The van der Waals surface area contributed by atoms with Crippen molar-refractivity contribution in [3.05, 3.63) is 40.3 Å². The molecule has 4 heteroatoms. The zero-order valence-corrected chi connectivity index (χ0v) is 8.18. The summed E-state index contributed by atoms with van der Waals surface area (Å²) in [6.07, 6.45) is 2.22. The first kappa shape index (κ1) is 8.61. The van der Waals surface area contributed by atoms with Gasteiger partial charge in [-0.1, -0.05) is 12.1 Å². The number of benzene rings is 1. The zero-order valence-electron chi connectivity index (χ0n) is 8.18. The Morgan fingerprint density at radius 2 is 2.40 bits per heavy atom. The lowest BCUT2D eigenvalue weighted by molar-refractivity contribution is 0.537. The third kappa shape index (κ3) is 1.05. The molecule has 1 atom stereocenters. The van der Waals surface area contributed by atoms with Crippen LogP contribution in [-0.2, 0) is 6.42 Å². The molecular formula is C11H11N3O. The molecule has 0 saturated carbocycles. The molecule has 0 amide bonds. The van der Waals surface area contributed by atoms with Gasteiger partial charge in [-0.2, -0.15) is 0 Å². The quantitative estimate of drug-likeness (QED) is 0.728. The molecule has 0 radical (unpaired) electrons. The van der Waals surface area contributed by atoms with Gasteiger partial charge in [-0.15, -0.1) is 0 Å². The molecule has 0 saturated heterocycles. The molecule has 0 unspecified atom stereocenters. The van der Waals surface area contributed by atoms with Crippen molar-refractivity contribution in [1.29, 1.82) is 0 Å². The van der Waals surface area contributed by atoms with Crippen LogP contribution in [-0.4, -0.2) is 16.1 Å². The van der Waals surface area contributed by atoms with Crippen LogP contribution in [0.1, 0.15) is 11.6 Å². The Morgan fingerprint density at radius 3 is 3.20 bits per heavy atom. The van der Waals surface area contributed by atoms with Gasteiger partial charge >= 0.3 is 0 Å². The van der Waals surface area contributed by atoms with Crippen LogP contribution in [0.4, 0.5) is 0 Å². The van der Waals surface area contributed by atoms with Gasteiger partial charge in [-0.25, -0.2) is 4.98 Å². The SMILES string of the molecule is NC[C@@H]1Cc2cccc3ncc(=O)n1c23. The highest BCUT2D eigenvalue weighted by Gasteiger charge is 2.23. The minimum atomic E-state index is -0.0529. The second-order valence-electron chi connectivity index (χ2n) is 3.84. The zero-order chi connectivity index (χ0) is 10.4. The third-order valence-electron chi connectivity index (χ3n) is 2.98. The van der Waals surface area contributed by atoms with E-state index in [0.29, 0.717) is 6.54 Å². The minimum absolute atomic E-state index is 0.0529. The van der Waals surface area contributed by atoms with Crippen LogP contribution in [0.5, 0.6) is 0 Å². The van der Waals surface area contributed by atoms with Crippen molar-refractivity contribution in [2.75, 3.05) is 6.54 Å². The maximum absolute atomic E-state index is 11.7. The van der Waals surface area contributed by atoms with E-state index in [0.717, 1.165) is 17.5 Å². The second-order valence-corrected chi connectivity index (χ2v) is 3.84. The fourth-order valence-electron chi connectivity index (χ4n) is 2.32. The van der Waals surface area contributed by atoms with Crippen molar-refractivity contribution in [2.24, 2.45) is 5.73 Å². The molecule has 1 aromatic heterocycles. The average Bonchev–Trinajstić information content (AvgIpc) is 2.64. The molecule has 4 nitrogen and oxygen atoms in total. The van der Waals surface area contributed by atoms with E-state index in [2.05, 4.69) is 4.98 Å². The lowest BCUT2D eigenvalue weighted by Crippen LogP contribution is -2.27. The van der Waals surface area contributed by atoms with Crippen molar-refractivity contribution in [1.82, 2.24) is 9.55 Å². The number of nitrogens with zero attached hydrogens (tertiary/aromatic N) is 2. The third-order valence-corrected chi connectivity index (χ3v) is 2.98. The largest absolute Gasteiger partial charge is 0.328 e. The minimum Gasteiger partial charge on any atom is -0.328 e. The molecule has 2 N–H and O–H groups in total. The predicted octanol–water partition coefficient (Wildman–Crippen LogP) is 0.452. The highest BCUT2D eigenvalue weighted by Crippen LogP contribution is 2.28. The fraction of sp³-hybridized carbons (Fsp3) is 0.273. The van der Waals surface area contributed by atoms with Gasteiger partial charge in [0, 0.05) is 6.54 Å².